The normalized spacial score (nSPS) is 12.2. The van der Waals surface area contributed by atoms with Crippen LogP contribution in [0.25, 0.3) is 87.7 Å². The highest BCUT2D eigenvalue weighted by Gasteiger charge is 2.29. The molecule has 13 rings (SSSR count). The first kappa shape index (κ1) is 50.6. The van der Waals surface area contributed by atoms with Gasteiger partial charge in [-0.15, -0.1) is 0 Å². The van der Waals surface area contributed by atoms with Gasteiger partial charge in [-0.05, 0) is 190 Å². The molecule has 0 N–H and O–H groups in total. The zero-order valence-electron chi connectivity index (χ0n) is 48.2. The van der Waals surface area contributed by atoms with E-state index in [1.807, 2.05) is 0 Å². The summed E-state index contributed by atoms with van der Waals surface area (Å²) in [5.41, 5.74) is 24.4. The molecule has 2 aromatic heterocycles. The summed E-state index contributed by atoms with van der Waals surface area (Å²) in [7, 11) is 0. The van der Waals surface area contributed by atoms with E-state index in [-0.39, 0.29) is 10.8 Å². The van der Waals surface area contributed by atoms with Crippen LogP contribution >= 0.6 is 0 Å². The molecule has 0 bridgehead atoms. The first-order valence-corrected chi connectivity index (χ1v) is 28.2. The average molecular weight is 1040 g/mol. The Morgan fingerprint density at radius 3 is 1.06 bits per heavy atom. The van der Waals surface area contributed by atoms with Crippen molar-refractivity contribution in [3.8, 4) is 22.3 Å². The van der Waals surface area contributed by atoms with Gasteiger partial charge in [0.05, 0.1) is 11.4 Å². The summed E-state index contributed by atoms with van der Waals surface area (Å²) >= 11 is 0. The maximum absolute atomic E-state index is 7.43. The summed E-state index contributed by atoms with van der Waals surface area (Å²) in [5.74, 6) is 0. The standard InChI is InChI=1S/C76H68N2O2/c1-45-29-33-57(75(7,8)9)43-63(45)77(71-47(3)21-19-22-48(71)4)59-35-31-53-39-61-65(41-55(53)37-59)79-73-68(52-27-17-14-18-28-52)70-62-40-54-32-36-60(38-56(54)42-66(62)80-74(70)67(69(61)73)51-25-15-13-16-26-51)78(72-49(5)23-20-24-50(72)6)64-44-58(76(10,11)12)34-30-46(64)2/h13-44H,1-12H3. The fourth-order valence-electron chi connectivity index (χ4n) is 12.5. The Balaban J connectivity index is 1.06. The highest BCUT2D eigenvalue weighted by atomic mass is 16.3. The number of furan rings is 2. The molecule has 0 aliphatic carbocycles. The SMILES string of the molecule is Cc1ccc(C(C)(C)C)cc1N(c1ccc2cc3c(cc2c1)oc1c(-c2ccccc2)c2c(oc4cc5cc(N(c6cc(C(C)(C)C)ccc6C)c6c(C)cccc6C)ccc5cc42)c(-c2ccccc2)c13)c1c(C)cccc1C. The third-order valence-corrected chi connectivity index (χ3v) is 16.8. The molecule has 394 valence electrons. The van der Waals surface area contributed by atoms with Crippen LogP contribution < -0.4 is 9.80 Å². The maximum atomic E-state index is 7.43. The van der Waals surface area contributed by atoms with Gasteiger partial charge >= 0.3 is 0 Å². The Kier molecular flexibility index (Phi) is 12.0. The van der Waals surface area contributed by atoms with E-state index in [1.165, 1.54) is 67.3 Å². The second-order valence-corrected chi connectivity index (χ2v) is 24.5. The van der Waals surface area contributed by atoms with Gasteiger partial charge in [-0.2, -0.15) is 0 Å². The number of para-hydroxylation sites is 2. The van der Waals surface area contributed by atoms with Crippen LogP contribution in [0.2, 0.25) is 0 Å². The second-order valence-electron chi connectivity index (χ2n) is 24.5. The molecule has 4 nitrogen and oxygen atoms in total. The van der Waals surface area contributed by atoms with E-state index in [1.54, 1.807) is 0 Å². The van der Waals surface area contributed by atoms with Crippen LogP contribution in [0.1, 0.15) is 86.1 Å². The van der Waals surface area contributed by atoms with Crippen LogP contribution in [0.5, 0.6) is 0 Å². The first-order chi connectivity index (χ1) is 38.4. The zero-order valence-corrected chi connectivity index (χ0v) is 48.2. The van der Waals surface area contributed by atoms with E-state index in [4.69, 9.17) is 8.83 Å². The summed E-state index contributed by atoms with van der Waals surface area (Å²) < 4.78 is 14.9. The van der Waals surface area contributed by atoms with E-state index < -0.39 is 0 Å². The molecule has 0 unspecified atom stereocenters. The molecule has 0 fully saturated rings. The fraction of sp³-hybridized carbons (Fsp3) is 0.184. The van der Waals surface area contributed by atoms with Gasteiger partial charge in [-0.3, -0.25) is 0 Å². The Morgan fingerprint density at radius 2 is 0.700 bits per heavy atom. The molecule has 11 aromatic carbocycles. The molecule has 0 spiro atoms. The number of hydrogen-bond acceptors (Lipinski definition) is 4. The first-order valence-electron chi connectivity index (χ1n) is 28.2. The molecule has 0 radical (unpaired) electrons. The number of rotatable bonds is 8. The van der Waals surface area contributed by atoms with Crippen molar-refractivity contribution in [2.75, 3.05) is 9.80 Å². The number of fused-ring (bicyclic) bond motifs is 8. The molecule has 0 atom stereocenters. The molecule has 2 heterocycles. The van der Waals surface area contributed by atoms with Gasteiger partial charge in [0.25, 0.3) is 0 Å². The van der Waals surface area contributed by atoms with E-state index in [0.29, 0.717) is 0 Å². The van der Waals surface area contributed by atoms with Gasteiger partial charge < -0.3 is 18.6 Å². The number of hydrogen-bond donors (Lipinski definition) is 0. The van der Waals surface area contributed by atoms with Crippen molar-refractivity contribution in [1.29, 1.82) is 0 Å². The summed E-state index contributed by atoms with van der Waals surface area (Å²) in [4.78, 5) is 4.94. The zero-order chi connectivity index (χ0) is 55.5. The summed E-state index contributed by atoms with van der Waals surface area (Å²) in [5, 5.41) is 8.64. The number of aryl methyl sites for hydroxylation is 6. The predicted molar refractivity (Wildman–Crippen MR) is 342 cm³/mol. The smallest absolute Gasteiger partial charge is 0.144 e. The van der Waals surface area contributed by atoms with Crippen LogP contribution in [0.3, 0.4) is 0 Å². The summed E-state index contributed by atoms with van der Waals surface area (Å²) in [6.07, 6.45) is 0. The Labute approximate surface area is 470 Å². The van der Waals surface area contributed by atoms with Crippen molar-refractivity contribution in [2.45, 2.75) is 93.9 Å². The van der Waals surface area contributed by atoms with Gasteiger partial charge in [0.1, 0.15) is 22.3 Å². The lowest BCUT2D eigenvalue weighted by Crippen LogP contribution is -2.17. The van der Waals surface area contributed by atoms with Crippen molar-refractivity contribution in [3.63, 3.8) is 0 Å². The number of nitrogens with zero attached hydrogens (tertiary/aromatic N) is 2. The van der Waals surface area contributed by atoms with Crippen LogP contribution in [0.4, 0.5) is 34.1 Å². The lowest BCUT2D eigenvalue weighted by atomic mass is 9.86. The highest BCUT2D eigenvalue weighted by Crippen LogP contribution is 2.53. The van der Waals surface area contributed by atoms with Crippen molar-refractivity contribution in [3.05, 3.63) is 239 Å². The minimum atomic E-state index is -0.0172. The van der Waals surface area contributed by atoms with Crippen LogP contribution in [-0.4, -0.2) is 0 Å². The Morgan fingerprint density at radius 1 is 0.325 bits per heavy atom. The van der Waals surface area contributed by atoms with Gasteiger partial charge in [-0.1, -0.05) is 175 Å². The predicted octanol–water partition coefficient (Wildman–Crippen LogP) is 22.5. The molecule has 80 heavy (non-hydrogen) atoms. The summed E-state index contributed by atoms with van der Waals surface area (Å²) in [6, 6.07) is 71.6. The van der Waals surface area contributed by atoms with Gasteiger partial charge in [0, 0.05) is 55.4 Å². The highest BCUT2D eigenvalue weighted by molar-refractivity contribution is 6.31. The summed E-state index contributed by atoms with van der Waals surface area (Å²) in [6.45, 7) is 27.1. The minimum Gasteiger partial charge on any atom is -0.455 e. The Bertz CT molecular complexity index is 4280. The maximum Gasteiger partial charge on any atom is 0.144 e. The van der Waals surface area contributed by atoms with Crippen molar-refractivity contribution in [2.24, 2.45) is 0 Å². The quantitative estimate of drug-likeness (QED) is 0.152. The van der Waals surface area contributed by atoms with Crippen LogP contribution in [0, 0.1) is 41.5 Å². The fourth-order valence-corrected chi connectivity index (χ4v) is 12.5. The Hall–Kier alpha value is -8.86. The van der Waals surface area contributed by atoms with Crippen molar-refractivity contribution in [1.82, 2.24) is 0 Å². The minimum absolute atomic E-state index is 0.0172. The van der Waals surface area contributed by atoms with Gasteiger partial charge in [0.2, 0.25) is 0 Å². The third kappa shape index (κ3) is 8.43. The topological polar surface area (TPSA) is 32.8 Å². The van der Waals surface area contributed by atoms with Gasteiger partial charge in [0.15, 0.2) is 0 Å². The van der Waals surface area contributed by atoms with Crippen molar-refractivity contribution < 1.29 is 8.83 Å². The van der Waals surface area contributed by atoms with E-state index in [2.05, 4.69) is 287 Å². The van der Waals surface area contributed by atoms with E-state index in [0.717, 1.165) is 99.1 Å². The largest absolute Gasteiger partial charge is 0.455 e. The molecule has 0 saturated heterocycles. The number of anilines is 6. The molecule has 4 heteroatoms. The molecule has 0 saturated carbocycles. The number of benzene rings is 11. The van der Waals surface area contributed by atoms with Crippen LogP contribution in [-0.2, 0) is 10.8 Å². The lowest BCUT2D eigenvalue weighted by molar-refractivity contribution is 0.590. The van der Waals surface area contributed by atoms with Crippen LogP contribution in [0.15, 0.2) is 203 Å². The molecule has 0 aliphatic rings. The van der Waals surface area contributed by atoms with Gasteiger partial charge in [-0.25, -0.2) is 0 Å². The van der Waals surface area contributed by atoms with E-state index in [9.17, 15) is 0 Å². The second kappa shape index (κ2) is 18.9. The molecular weight excluding hydrogens is 973 g/mol. The molecule has 0 aliphatic heterocycles. The molecular formula is C76H68N2O2. The lowest BCUT2D eigenvalue weighted by Gasteiger charge is -2.32. The average Bonchev–Trinajstić information content (AvgIpc) is 4.07. The molecule has 13 aromatic rings. The third-order valence-electron chi connectivity index (χ3n) is 16.8. The molecule has 0 amide bonds. The monoisotopic (exact) mass is 1040 g/mol. The van der Waals surface area contributed by atoms with E-state index >= 15 is 0 Å². The van der Waals surface area contributed by atoms with Crippen molar-refractivity contribution >= 4 is 99.5 Å².